The predicted molar refractivity (Wildman–Crippen MR) is 68.6 cm³/mol. The quantitative estimate of drug-likeness (QED) is 0.844. The van der Waals surface area contributed by atoms with Gasteiger partial charge in [0.15, 0.2) is 0 Å². The van der Waals surface area contributed by atoms with E-state index in [2.05, 4.69) is 11.2 Å². The second kappa shape index (κ2) is 4.59. The molecule has 2 aromatic rings. The molecule has 92 valence electrons. The first-order valence-corrected chi connectivity index (χ1v) is 5.57. The lowest BCUT2D eigenvalue weighted by atomic mass is 10.3. The fourth-order valence-corrected chi connectivity index (χ4v) is 1.81. The number of aryl methyl sites for hydroxylation is 2. The van der Waals surface area contributed by atoms with E-state index in [1.807, 2.05) is 0 Å². The maximum atomic E-state index is 9.07. The summed E-state index contributed by atoms with van der Waals surface area (Å²) in [6.07, 6.45) is 0. The van der Waals surface area contributed by atoms with E-state index in [9.17, 15) is 0 Å². The zero-order valence-electron chi connectivity index (χ0n) is 9.94. The number of halogens is 1. The van der Waals surface area contributed by atoms with E-state index in [0.29, 0.717) is 33.6 Å². The molecular weight excluding hydrogens is 252 g/mol. The Hall–Kier alpha value is -2.19. The van der Waals surface area contributed by atoms with Crippen LogP contribution in [0.5, 0.6) is 11.6 Å². The van der Waals surface area contributed by atoms with Crippen LogP contribution >= 0.6 is 11.6 Å². The average Bonchev–Trinajstić information content (AvgIpc) is 2.57. The predicted octanol–water partition coefficient (Wildman–Crippen LogP) is 2.63. The van der Waals surface area contributed by atoms with Crippen LogP contribution in [0.4, 0.5) is 5.69 Å². The van der Waals surface area contributed by atoms with Crippen molar-refractivity contribution in [3.05, 3.63) is 34.5 Å². The van der Waals surface area contributed by atoms with Crippen molar-refractivity contribution in [2.45, 2.75) is 6.92 Å². The van der Waals surface area contributed by atoms with E-state index in [1.165, 1.54) is 4.68 Å². The topological polar surface area (TPSA) is 76.9 Å². The molecule has 0 fully saturated rings. The van der Waals surface area contributed by atoms with Gasteiger partial charge in [0.1, 0.15) is 17.4 Å². The second-order valence-electron chi connectivity index (χ2n) is 3.79. The van der Waals surface area contributed by atoms with Crippen LogP contribution in [-0.4, -0.2) is 9.78 Å². The van der Waals surface area contributed by atoms with Crippen LogP contribution in [0.25, 0.3) is 0 Å². The Bertz CT molecular complexity index is 642. The molecule has 0 unspecified atom stereocenters. The molecule has 0 aliphatic carbocycles. The summed E-state index contributed by atoms with van der Waals surface area (Å²) in [6, 6.07) is 6.98. The van der Waals surface area contributed by atoms with Gasteiger partial charge in [0, 0.05) is 12.7 Å². The van der Waals surface area contributed by atoms with Crippen LogP contribution in [0.3, 0.4) is 0 Å². The highest BCUT2D eigenvalue weighted by Gasteiger charge is 2.16. The Kier molecular flexibility index (Phi) is 3.13. The van der Waals surface area contributed by atoms with Gasteiger partial charge in [-0.25, -0.2) is 4.68 Å². The van der Waals surface area contributed by atoms with Crippen molar-refractivity contribution in [3.8, 4) is 17.7 Å². The Morgan fingerprint density at radius 3 is 2.83 bits per heavy atom. The highest BCUT2D eigenvalue weighted by Crippen LogP contribution is 2.32. The maximum Gasteiger partial charge on any atom is 0.235 e. The molecule has 0 spiro atoms. The third-order valence-electron chi connectivity index (χ3n) is 2.44. The molecule has 0 aliphatic heterocycles. The van der Waals surface area contributed by atoms with Gasteiger partial charge in [0.2, 0.25) is 5.88 Å². The minimum absolute atomic E-state index is 0.363. The van der Waals surface area contributed by atoms with E-state index in [4.69, 9.17) is 27.3 Å². The number of anilines is 1. The van der Waals surface area contributed by atoms with Gasteiger partial charge in [-0.3, -0.25) is 0 Å². The molecule has 2 N–H and O–H groups in total. The van der Waals surface area contributed by atoms with Gasteiger partial charge < -0.3 is 10.5 Å². The van der Waals surface area contributed by atoms with Gasteiger partial charge >= 0.3 is 0 Å². The summed E-state index contributed by atoms with van der Waals surface area (Å²) in [6.45, 7) is 1.75. The van der Waals surface area contributed by atoms with Gasteiger partial charge in [-0.15, -0.1) is 0 Å². The number of rotatable bonds is 2. The van der Waals surface area contributed by atoms with Crippen LogP contribution in [-0.2, 0) is 7.05 Å². The largest absolute Gasteiger partial charge is 0.436 e. The van der Waals surface area contributed by atoms with E-state index >= 15 is 0 Å². The van der Waals surface area contributed by atoms with Gasteiger partial charge in [0.25, 0.3) is 0 Å². The molecule has 18 heavy (non-hydrogen) atoms. The summed E-state index contributed by atoms with van der Waals surface area (Å²) in [5.41, 5.74) is 7.16. The van der Waals surface area contributed by atoms with E-state index in [1.54, 1.807) is 32.2 Å². The van der Waals surface area contributed by atoms with Gasteiger partial charge in [-0.2, -0.15) is 10.4 Å². The highest BCUT2D eigenvalue weighted by molar-refractivity contribution is 6.32. The Morgan fingerprint density at radius 2 is 2.22 bits per heavy atom. The number of nitrogens with two attached hydrogens (primary N) is 1. The van der Waals surface area contributed by atoms with Crippen LogP contribution < -0.4 is 10.5 Å². The standard InChI is InChI=1S/C12H11ClN4O/c1-7-9(6-14)12(17(2)16-7)18-11-4-3-8(15)5-10(11)13/h3-5H,15H2,1-2H3. The van der Waals surface area contributed by atoms with Crippen molar-refractivity contribution in [2.75, 3.05) is 5.73 Å². The van der Waals surface area contributed by atoms with Gasteiger partial charge in [0.05, 0.1) is 10.7 Å². The molecule has 2 rings (SSSR count). The molecule has 0 radical (unpaired) electrons. The third kappa shape index (κ3) is 2.11. The summed E-state index contributed by atoms with van der Waals surface area (Å²) in [5, 5.41) is 13.6. The molecule has 5 nitrogen and oxygen atoms in total. The molecule has 1 heterocycles. The van der Waals surface area contributed by atoms with E-state index in [0.717, 1.165) is 0 Å². The van der Waals surface area contributed by atoms with Crippen molar-refractivity contribution >= 4 is 17.3 Å². The maximum absolute atomic E-state index is 9.07. The van der Waals surface area contributed by atoms with Crippen molar-refractivity contribution in [3.63, 3.8) is 0 Å². The summed E-state index contributed by atoms with van der Waals surface area (Å²) in [7, 11) is 1.70. The molecular formula is C12H11ClN4O. The zero-order valence-corrected chi connectivity index (χ0v) is 10.7. The van der Waals surface area contributed by atoms with Crippen LogP contribution in [0, 0.1) is 18.3 Å². The summed E-state index contributed by atoms with van der Waals surface area (Å²) in [4.78, 5) is 0. The van der Waals surface area contributed by atoms with Crippen molar-refractivity contribution < 1.29 is 4.74 Å². The van der Waals surface area contributed by atoms with Crippen molar-refractivity contribution in [1.29, 1.82) is 5.26 Å². The Balaban J connectivity index is 2.43. The summed E-state index contributed by atoms with van der Waals surface area (Å²) >= 11 is 6.02. The molecule has 0 bridgehead atoms. The lowest BCUT2D eigenvalue weighted by molar-refractivity contribution is 0.429. The molecule has 1 aromatic carbocycles. The minimum Gasteiger partial charge on any atom is -0.436 e. The molecule has 0 saturated heterocycles. The lowest BCUT2D eigenvalue weighted by Gasteiger charge is -2.08. The second-order valence-corrected chi connectivity index (χ2v) is 4.20. The van der Waals surface area contributed by atoms with Gasteiger partial charge in [-0.1, -0.05) is 11.6 Å². The number of hydrogen-bond donors (Lipinski definition) is 1. The smallest absolute Gasteiger partial charge is 0.235 e. The van der Waals surface area contributed by atoms with Crippen molar-refractivity contribution in [1.82, 2.24) is 9.78 Å². The first-order chi connectivity index (χ1) is 8.52. The van der Waals surface area contributed by atoms with Gasteiger partial charge in [-0.05, 0) is 25.1 Å². The summed E-state index contributed by atoms with van der Waals surface area (Å²) < 4.78 is 7.13. The molecule has 0 aliphatic rings. The minimum atomic E-state index is 0.363. The normalized spacial score (nSPS) is 10.1. The number of nitrogen functional groups attached to an aromatic ring is 1. The number of benzene rings is 1. The average molecular weight is 263 g/mol. The SMILES string of the molecule is Cc1nn(C)c(Oc2ccc(N)cc2Cl)c1C#N. The molecule has 0 atom stereocenters. The molecule has 0 amide bonds. The zero-order chi connectivity index (χ0) is 13.3. The third-order valence-corrected chi connectivity index (χ3v) is 2.74. The van der Waals surface area contributed by atoms with Crippen LogP contribution in [0.1, 0.15) is 11.3 Å². The molecule has 1 aromatic heterocycles. The fourth-order valence-electron chi connectivity index (χ4n) is 1.59. The van der Waals surface area contributed by atoms with Crippen LogP contribution in [0.15, 0.2) is 18.2 Å². The number of nitriles is 1. The number of ether oxygens (including phenoxy) is 1. The van der Waals surface area contributed by atoms with Crippen LogP contribution in [0.2, 0.25) is 5.02 Å². The first kappa shape index (κ1) is 12.3. The van der Waals surface area contributed by atoms with Crippen molar-refractivity contribution in [2.24, 2.45) is 7.05 Å². The molecule has 0 saturated carbocycles. The monoisotopic (exact) mass is 262 g/mol. The number of aromatic nitrogens is 2. The fraction of sp³-hybridized carbons (Fsp3) is 0.167. The Labute approximate surface area is 109 Å². The highest BCUT2D eigenvalue weighted by atomic mass is 35.5. The van der Waals surface area contributed by atoms with E-state index < -0.39 is 0 Å². The Morgan fingerprint density at radius 1 is 1.50 bits per heavy atom. The first-order valence-electron chi connectivity index (χ1n) is 5.19. The van der Waals surface area contributed by atoms with E-state index in [-0.39, 0.29) is 0 Å². The summed E-state index contributed by atoms with van der Waals surface area (Å²) in [5.74, 6) is 0.798. The number of nitrogens with zero attached hydrogens (tertiary/aromatic N) is 3. The lowest BCUT2D eigenvalue weighted by Crippen LogP contribution is -1.97. The molecule has 6 heteroatoms. The number of hydrogen-bond acceptors (Lipinski definition) is 4.